The maximum atomic E-state index is 16.1. The third-order valence-corrected chi connectivity index (χ3v) is 16.4. The monoisotopic (exact) mass is 742 g/mol. The quantitative estimate of drug-likeness (QED) is 0.120. The molecule has 4 atom stereocenters. The molecule has 0 aliphatic carbocycles. The fourth-order valence-corrected chi connectivity index (χ4v) is 13.2. The molecule has 0 fully saturated rings. The summed E-state index contributed by atoms with van der Waals surface area (Å²) in [6, 6.07) is 60.9. The van der Waals surface area contributed by atoms with Gasteiger partial charge in [0.1, 0.15) is 23.2 Å². The number of rotatable bonds is 8. The topological polar surface area (TPSA) is 71.1 Å². The fraction of sp³-hybridized carbons (Fsp3) is 0.0455. The summed E-state index contributed by atoms with van der Waals surface area (Å²) in [5.41, 5.74) is 3.05. The molecule has 0 spiro atoms. The van der Waals surface area contributed by atoms with E-state index in [1.165, 1.54) is 0 Å². The third kappa shape index (κ3) is 6.06. The Kier molecular flexibility index (Phi) is 9.22. The Balaban J connectivity index is 1.18. The van der Waals surface area contributed by atoms with E-state index in [9.17, 15) is 0 Å². The minimum absolute atomic E-state index is 0.570. The van der Waals surface area contributed by atoms with E-state index in [1.807, 2.05) is 194 Å². The number of benzene rings is 7. The van der Waals surface area contributed by atoms with E-state index in [-0.39, 0.29) is 0 Å². The molecule has 7 aromatic rings. The summed E-state index contributed by atoms with van der Waals surface area (Å²) in [7, 11) is -8.77. The molecular formula is C44H34B2O6P2. The Bertz CT molecular complexity index is 2310. The van der Waals surface area contributed by atoms with Gasteiger partial charge in [0.15, 0.2) is 14.3 Å². The number of para-hydroxylation sites is 2. The normalized spacial score (nSPS) is 18.5. The zero-order valence-electron chi connectivity index (χ0n) is 29.1. The molecule has 0 amide bonds. The van der Waals surface area contributed by atoms with Crippen LogP contribution in [0.1, 0.15) is 22.8 Å². The first-order chi connectivity index (χ1) is 26.5. The Labute approximate surface area is 315 Å². The lowest BCUT2D eigenvalue weighted by molar-refractivity contribution is 0.220. The Morgan fingerprint density at radius 3 is 1.02 bits per heavy atom. The summed E-state index contributed by atoms with van der Waals surface area (Å²) in [5, 5.41) is 2.43. The van der Waals surface area contributed by atoms with Gasteiger partial charge in [0.25, 0.3) is 0 Å². The van der Waals surface area contributed by atoms with Crippen molar-refractivity contribution in [3.63, 3.8) is 0 Å². The van der Waals surface area contributed by atoms with Gasteiger partial charge in [0.05, 0.1) is 0 Å². The van der Waals surface area contributed by atoms with Crippen molar-refractivity contribution in [2.24, 2.45) is 0 Å². The van der Waals surface area contributed by atoms with E-state index >= 15 is 9.13 Å². The first-order valence-corrected chi connectivity index (χ1v) is 21.4. The molecular weight excluding hydrogens is 708 g/mol. The summed E-state index contributed by atoms with van der Waals surface area (Å²) in [5.74, 6) is -0.488. The standard InChI is InChI=1S/C44H34B2O6P2/c47-53(35-21-9-3-10-22-35,43-39-25-13-15-27-41(39)49-45(51-43)33-17-5-1-6-18-33)37-29-31-38(32-30-37)54(48,36-23-11-4-12-24-36)44-40-26-14-16-28-42(40)50-46(52-44)34-19-7-2-8-20-34/h1-32,43-44H. The van der Waals surface area contributed by atoms with E-state index in [2.05, 4.69) is 0 Å². The van der Waals surface area contributed by atoms with Crippen molar-refractivity contribution in [2.45, 2.75) is 11.7 Å². The Morgan fingerprint density at radius 2 is 0.648 bits per heavy atom. The van der Waals surface area contributed by atoms with E-state index < -0.39 is 40.2 Å². The number of hydrogen-bond donors (Lipinski definition) is 0. The number of fused-ring (bicyclic) bond motifs is 2. The molecule has 262 valence electrons. The molecule has 2 aliphatic heterocycles. The molecule has 0 bridgehead atoms. The second-order valence-electron chi connectivity index (χ2n) is 13.3. The molecule has 7 aromatic carbocycles. The van der Waals surface area contributed by atoms with Gasteiger partial charge < -0.3 is 27.7 Å². The van der Waals surface area contributed by atoms with E-state index in [0.29, 0.717) is 43.8 Å². The van der Waals surface area contributed by atoms with Crippen molar-refractivity contribution in [2.75, 3.05) is 0 Å². The van der Waals surface area contributed by atoms with Gasteiger partial charge in [-0.25, -0.2) is 0 Å². The molecule has 0 saturated heterocycles. The zero-order chi connectivity index (χ0) is 36.5. The fourth-order valence-electron chi connectivity index (χ4n) is 7.36. The average molecular weight is 742 g/mol. The van der Waals surface area contributed by atoms with Crippen molar-refractivity contribution < 1.29 is 27.7 Å². The van der Waals surface area contributed by atoms with Crippen molar-refractivity contribution >= 4 is 60.7 Å². The van der Waals surface area contributed by atoms with Gasteiger partial charge in [-0.3, -0.25) is 0 Å². The zero-order valence-corrected chi connectivity index (χ0v) is 30.9. The second-order valence-corrected chi connectivity index (χ2v) is 18.9. The molecule has 4 unspecified atom stereocenters. The van der Waals surface area contributed by atoms with Crippen LogP contribution in [0.3, 0.4) is 0 Å². The van der Waals surface area contributed by atoms with Crippen LogP contribution in [0.25, 0.3) is 0 Å². The summed E-state index contributed by atoms with van der Waals surface area (Å²) < 4.78 is 58.5. The second kappa shape index (κ2) is 14.5. The highest BCUT2D eigenvalue weighted by atomic mass is 31.2. The third-order valence-electron chi connectivity index (χ3n) is 10.0. The Hall–Kier alpha value is -5.35. The molecule has 0 saturated carbocycles. The minimum Gasteiger partial charge on any atom is -0.532 e. The smallest absolute Gasteiger partial charge is 0.532 e. The molecule has 2 aliphatic rings. The minimum atomic E-state index is -3.61. The first kappa shape index (κ1) is 34.4. The molecule has 2 heterocycles. The van der Waals surface area contributed by atoms with Crippen molar-refractivity contribution in [3.8, 4) is 11.5 Å². The molecule has 9 rings (SSSR count). The van der Waals surface area contributed by atoms with Gasteiger partial charge in [-0.1, -0.05) is 182 Å². The highest BCUT2D eigenvalue weighted by molar-refractivity contribution is 7.79. The molecule has 6 nitrogen and oxygen atoms in total. The molecule has 0 radical (unpaired) electrons. The first-order valence-electron chi connectivity index (χ1n) is 17.9. The van der Waals surface area contributed by atoms with Crippen LogP contribution in [0.5, 0.6) is 11.5 Å². The van der Waals surface area contributed by atoms with Gasteiger partial charge >= 0.3 is 14.2 Å². The molecule has 54 heavy (non-hydrogen) atoms. The molecule has 0 N–H and O–H groups in total. The van der Waals surface area contributed by atoms with E-state index in [0.717, 1.165) is 10.9 Å². The summed E-state index contributed by atoms with van der Waals surface area (Å²) in [6.45, 7) is 0. The lowest BCUT2D eigenvalue weighted by Crippen LogP contribution is -2.45. The van der Waals surface area contributed by atoms with E-state index in [1.54, 1.807) is 0 Å². The molecule has 10 heteroatoms. The van der Waals surface area contributed by atoms with Crippen molar-refractivity contribution in [1.82, 2.24) is 0 Å². The van der Waals surface area contributed by atoms with Gasteiger partial charge in [0.2, 0.25) is 0 Å². The summed E-state index contributed by atoms with van der Waals surface area (Å²) >= 11 is 0. The summed E-state index contributed by atoms with van der Waals surface area (Å²) in [6.07, 6.45) is 0. The highest BCUT2D eigenvalue weighted by Gasteiger charge is 2.49. The van der Waals surface area contributed by atoms with Crippen LogP contribution >= 0.6 is 14.3 Å². The van der Waals surface area contributed by atoms with Gasteiger partial charge in [-0.15, -0.1) is 0 Å². The van der Waals surface area contributed by atoms with Gasteiger partial charge in [0, 0.05) is 32.3 Å². The summed E-state index contributed by atoms with van der Waals surface area (Å²) in [4.78, 5) is 0. The SMILES string of the molecule is O=P(c1ccccc1)(c1ccc(P(=O)(c2ccccc2)C2OB(c3ccccc3)Oc3ccccc32)cc1)C1OB(c2ccccc2)Oc2ccccc21. The predicted octanol–water partition coefficient (Wildman–Crippen LogP) is 7.32. The van der Waals surface area contributed by atoms with Crippen molar-refractivity contribution in [3.05, 3.63) is 205 Å². The maximum absolute atomic E-state index is 16.1. The lowest BCUT2D eigenvalue weighted by Gasteiger charge is -2.37. The van der Waals surface area contributed by atoms with Gasteiger partial charge in [-0.05, 0) is 23.1 Å². The highest BCUT2D eigenvalue weighted by Crippen LogP contribution is 2.63. The van der Waals surface area contributed by atoms with Crippen LogP contribution in [0.15, 0.2) is 194 Å². The maximum Gasteiger partial charge on any atom is 0.563 e. The van der Waals surface area contributed by atoms with Gasteiger partial charge in [-0.2, -0.15) is 0 Å². The Morgan fingerprint density at radius 1 is 0.352 bits per heavy atom. The molecule has 0 aromatic heterocycles. The number of hydrogen-bond acceptors (Lipinski definition) is 6. The predicted molar refractivity (Wildman–Crippen MR) is 219 cm³/mol. The average Bonchev–Trinajstić information content (AvgIpc) is 3.26. The van der Waals surface area contributed by atoms with Crippen LogP contribution in [-0.2, 0) is 18.4 Å². The van der Waals surface area contributed by atoms with Crippen LogP contribution in [0, 0.1) is 0 Å². The van der Waals surface area contributed by atoms with E-state index in [4.69, 9.17) is 18.6 Å². The van der Waals surface area contributed by atoms with Crippen LogP contribution in [0.2, 0.25) is 0 Å². The van der Waals surface area contributed by atoms with Crippen LogP contribution in [0.4, 0.5) is 0 Å². The van der Waals surface area contributed by atoms with Crippen LogP contribution in [-0.4, -0.2) is 14.2 Å². The van der Waals surface area contributed by atoms with Crippen molar-refractivity contribution in [1.29, 1.82) is 0 Å². The largest absolute Gasteiger partial charge is 0.563 e. The lowest BCUT2D eigenvalue weighted by atomic mass is 9.78. The van der Waals surface area contributed by atoms with Crippen LogP contribution < -0.4 is 41.5 Å².